The maximum Gasteiger partial charge on any atom is 0.271 e. The number of methoxy groups -OCH3 is 1. The van der Waals surface area contributed by atoms with E-state index in [1.165, 1.54) is 0 Å². The normalized spacial score (nSPS) is 10.7. The van der Waals surface area contributed by atoms with Gasteiger partial charge in [0.2, 0.25) is 5.88 Å². The van der Waals surface area contributed by atoms with Crippen molar-refractivity contribution < 1.29 is 17.9 Å². The Morgan fingerprint density at radius 3 is 2.64 bits per heavy atom. The fourth-order valence-corrected chi connectivity index (χ4v) is 1.01. The number of ether oxygens (including phenoxy) is 1. The standard InChI is InChI=1S/C8H9F3N2O/c1-14-8-6(7(10)11)5(9)2-4(3-12)13-8/h2,7H,3,12H2,1H3. The second kappa shape index (κ2) is 4.28. The topological polar surface area (TPSA) is 48.1 Å². The van der Waals surface area contributed by atoms with Gasteiger partial charge in [-0.05, 0) is 6.07 Å². The molecule has 0 saturated heterocycles. The monoisotopic (exact) mass is 206 g/mol. The summed E-state index contributed by atoms with van der Waals surface area (Å²) in [5.74, 6) is -1.47. The molecule has 0 aromatic carbocycles. The van der Waals surface area contributed by atoms with Crippen LogP contribution < -0.4 is 10.5 Å². The average Bonchev–Trinajstić information content (AvgIpc) is 2.15. The van der Waals surface area contributed by atoms with E-state index in [9.17, 15) is 13.2 Å². The minimum absolute atomic E-state index is 0.0310. The van der Waals surface area contributed by atoms with Gasteiger partial charge in [-0.15, -0.1) is 0 Å². The Morgan fingerprint density at radius 2 is 2.21 bits per heavy atom. The van der Waals surface area contributed by atoms with Crippen LogP contribution in [0.15, 0.2) is 6.07 Å². The number of aromatic nitrogens is 1. The lowest BCUT2D eigenvalue weighted by molar-refractivity contribution is 0.140. The molecule has 2 N–H and O–H groups in total. The smallest absolute Gasteiger partial charge is 0.271 e. The van der Waals surface area contributed by atoms with Crippen molar-refractivity contribution in [2.24, 2.45) is 5.73 Å². The lowest BCUT2D eigenvalue weighted by Gasteiger charge is -2.09. The Hall–Kier alpha value is -1.30. The lowest BCUT2D eigenvalue weighted by atomic mass is 10.2. The Bertz CT molecular complexity index is 331. The number of halogens is 3. The van der Waals surface area contributed by atoms with E-state index in [1.807, 2.05) is 0 Å². The Balaban J connectivity index is 3.27. The van der Waals surface area contributed by atoms with E-state index in [1.54, 1.807) is 0 Å². The van der Waals surface area contributed by atoms with Crippen molar-refractivity contribution in [1.29, 1.82) is 0 Å². The summed E-state index contributed by atoms with van der Waals surface area (Å²) in [6.45, 7) is -0.0310. The minimum Gasteiger partial charge on any atom is -0.481 e. The largest absolute Gasteiger partial charge is 0.481 e. The zero-order valence-corrected chi connectivity index (χ0v) is 7.43. The highest BCUT2D eigenvalue weighted by Gasteiger charge is 2.21. The highest BCUT2D eigenvalue weighted by Crippen LogP contribution is 2.30. The molecule has 1 rings (SSSR count). The zero-order chi connectivity index (χ0) is 10.7. The average molecular weight is 206 g/mol. The molecular weight excluding hydrogens is 197 g/mol. The third kappa shape index (κ3) is 1.95. The van der Waals surface area contributed by atoms with Crippen molar-refractivity contribution in [3.05, 3.63) is 23.1 Å². The van der Waals surface area contributed by atoms with Gasteiger partial charge in [-0.2, -0.15) is 0 Å². The first-order chi connectivity index (χ1) is 6.60. The first-order valence-electron chi connectivity index (χ1n) is 3.81. The van der Waals surface area contributed by atoms with E-state index in [4.69, 9.17) is 5.73 Å². The Morgan fingerprint density at radius 1 is 1.57 bits per heavy atom. The first-order valence-corrected chi connectivity index (χ1v) is 3.81. The van der Waals surface area contributed by atoms with Gasteiger partial charge in [-0.1, -0.05) is 0 Å². The maximum absolute atomic E-state index is 13.1. The molecule has 0 radical (unpaired) electrons. The van der Waals surface area contributed by atoms with E-state index in [-0.39, 0.29) is 12.2 Å². The number of rotatable bonds is 3. The number of hydrogen-bond acceptors (Lipinski definition) is 3. The van der Waals surface area contributed by atoms with Crippen LogP contribution in [0.5, 0.6) is 5.88 Å². The molecule has 0 fully saturated rings. The molecule has 3 nitrogen and oxygen atoms in total. The summed E-state index contributed by atoms with van der Waals surface area (Å²) in [5.41, 5.74) is 4.54. The van der Waals surface area contributed by atoms with Crippen molar-refractivity contribution in [1.82, 2.24) is 4.98 Å². The molecule has 0 aliphatic carbocycles. The van der Waals surface area contributed by atoms with E-state index >= 15 is 0 Å². The predicted molar refractivity (Wildman–Crippen MR) is 43.6 cm³/mol. The summed E-state index contributed by atoms with van der Waals surface area (Å²) < 4.78 is 42.3. The van der Waals surface area contributed by atoms with Gasteiger partial charge in [-0.3, -0.25) is 0 Å². The molecular formula is C8H9F3N2O. The van der Waals surface area contributed by atoms with Gasteiger partial charge >= 0.3 is 0 Å². The van der Waals surface area contributed by atoms with Gasteiger partial charge in [0.1, 0.15) is 11.4 Å². The number of alkyl halides is 2. The van der Waals surface area contributed by atoms with Gasteiger partial charge in [0, 0.05) is 6.54 Å². The number of pyridine rings is 1. The molecule has 1 aromatic heterocycles. The molecule has 0 aliphatic rings. The summed E-state index contributed by atoms with van der Waals surface area (Å²) in [7, 11) is 1.15. The van der Waals surface area contributed by atoms with Crippen LogP contribution in [0.1, 0.15) is 17.7 Å². The van der Waals surface area contributed by atoms with Crippen LogP contribution in [0, 0.1) is 5.82 Å². The van der Waals surface area contributed by atoms with Crippen molar-refractivity contribution >= 4 is 0 Å². The van der Waals surface area contributed by atoms with Gasteiger partial charge in [0.25, 0.3) is 6.43 Å². The van der Waals surface area contributed by atoms with E-state index < -0.39 is 23.7 Å². The molecule has 0 unspecified atom stereocenters. The SMILES string of the molecule is COc1nc(CN)cc(F)c1C(F)F. The summed E-state index contributed by atoms with van der Waals surface area (Å²) in [6.07, 6.45) is -2.95. The second-order valence-electron chi connectivity index (χ2n) is 2.52. The lowest BCUT2D eigenvalue weighted by Crippen LogP contribution is -2.06. The summed E-state index contributed by atoms with van der Waals surface area (Å²) in [5, 5.41) is 0. The fourth-order valence-electron chi connectivity index (χ4n) is 1.01. The first kappa shape index (κ1) is 10.8. The molecule has 0 bridgehead atoms. The van der Waals surface area contributed by atoms with Crippen molar-refractivity contribution in [3.63, 3.8) is 0 Å². The van der Waals surface area contributed by atoms with Gasteiger partial charge in [0.15, 0.2) is 0 Å². The highest BCUT2D eigenvalue weighted by molar-refractivity contribution is 5.31. The van der Waals surface area contributed by atoms with Crippen LogP contribution >= 0.6 is 0 Å². The molecule has 78 valence electrons. The molecule has 14 heavy (non-hydrogen) atoms. The molecule has 0 spiro atoms. The predicted octanol–water partition coefficient (Wildman–Crippen LogP) is 1.63. The van der Waals surface area contributed by atoms with Gasteiger partial charge in [0.05, 0.1) is 12.8 Å². The minimum atomic E-state index is -2.95. The van der Waals surface area contributed by atoms with Crippen LogP contribution in [0.3, 0.4) is 0 Å². The molecule has 6 heteroatoms. The summed E-state index contributed by atoms with van der Waals surface area (Å²) in [4.78, 5) is 3.62. The van der Waals surface area contributed by atoms with Crippen LogP contribution in [0.4, 0.5) is 13.2 Å². The van der Waals surface area contributed by atoms with Gasteiger partial charge in [-0.25, -0.2) is 18.2 Å². The molecule has 1 aromatic rings. The van der Waals surface area contributed by atoms with E-state index in [0.29, 0.717) is 0 Å². The molecule has 1 heterocycles. The number of hydrogen-bond donors (Lipinski definition) is 1. The maximum atomic E-state index is 13.1. The molecule has 0 atom stereocenters. The van der Waals surface area contributed by atoms with Crippen molar-refractivity contribution in [3.8, 4) is 5.88 Å². The Kier molecular flexibility index (Phi) is 3.29. The van der Waals surface area contributed by atoms with Crippen LogP contribution in [0.2, 0.25) is 0 Å². The quantitative estimate of drug-likeness (QED) is 0.817. The van der Waals surface area contributed by atoms with Gasteiger partial charge < -0.3 is 10.5 Å². The summed E-state index contributed by atoms with van der Waals surface area (Å²) >= 11 is 0. The van der Waals surface area contributed by atoms with Crippen molar-refractivity contribution in [2.75, 3.05) is 7.11 Å². The van der Waals surface area contributed by atoms with E-state index in [0.717, 1.165) is 13.2 Å². The molecule has 0 amide bonds. The highest BCUT2D eigenvalue weighted by atomic mass is 19.3. The Labute approximate surface area is 78.7 Å². The number of nitrogens with two attached hydrogens (primary N) is 1. The zero-order valence-electron chi connectivity index (χ0n) is 7.43. The van der Waals surface area contributed by atoms with E-state index in [2.05, 4.69) is 9.72 Å². The van der Waals surface area contributed by atoms with Crippen LogP contribution in [-0.2, 0) is 6.54 Å². The van der Waals surface area contributed by atoms with Crippen molar-refractivity contribution in [2.45, 2.75) is 13.0 Å². The summed E-state index contributed by atoms with van der Waals surface area (Å²) in [6, 6.07) is 0.879. The third-order valence-corrected chi connectivity index (χ3v) is 1.65. The molecule has 0 aliphatic heterocycles. The third-order valence-electron chi connectivity index (χ3n) is 1.65. The fraction of sp³-hybridized carbons (Fsp3) is 0.375. The van der Waals surface area contributed by atoms with Crippen LogP contribution in [0.25, 0.3) is 0 Å². The number of nitrogens with zero attached hydrogens (tertiary/aromatic N) is 1. The molecule has 0 saturated carbocycles. The van der Waals surface area contributed by atoms with Crippen LogP contribution in [-0.4, -0.2) is 12.1 Å². The second-order valence-corrected chi connectivity index (χ2v) is 2.52.